The van der Waals surface area contributed by atoms with Crippen LogP contribution in [0.2, 0.25) is 5.04 Å². The van der Waals surface area contributed by atoms with Crippen molar-refractivity contribution in [3.63, 3.8) is 0 Å². The highest BCUT2D eigenvalue weighted by Crippen LogP contribution is 2.38. The molecule has 1 saturated heterocycles. The normalized spacial score (nSPS) is 18.7. The lowest BCUT2D eigenvalue weighted by molar-refractivity contribution is -0.161. The average molecular weight is 592 g/mol. The molecule has 0 unspecified atom stereocenters. The van der Waals surface area contributed by atoms with Crippen molar-refractivity contribution < 1.29 is 23.4 Å². The summed E-state index contributed by atoms with van der Waals surface area (Å²) in [5, 5.41) is 1.94. The SMILES string of the molecule is CC(=O)OCO[C@H]1C[C@H](n2cc(C#CCN)c(=O)[nH]c2=O)O[C@@H]1CO[Si](c1ccccc1)(c1ccccc1)C(C)(C)C. The van der Waals surface area contributed by atoms with E-state index >= 15 is 0 Å². The molecule has 2 heterocycles. The van der Waals surface area contributed by atoms with Gasteiger partial charge in [-0.05, 0) is 15.4 Å². The first-order chi connectivity index (χ1) is 20.1. The molecule has 0 spiro atoms. The van der Waals surface area contributed by atoms with Crippen molar-refractivity contribution in [3.05, 3.63) is 93.3 Å². The number of hydrogen-bond acceptors (Lipinski definition) is 8. The van der Waals surface area contributed by atoms with Crippen LogP contribution in [0.3, 0.4) is 0 Å². The Morgan fingerprint density at radius 2 is 1.71 bits per heavy atom. The van der Waals surface area contributed by atoms with Gasteiger partial charge in [-0.2, -0.15) is 0 Å². The van der Waals surface area contributed by atoms with E-state index in [4.69, 9.17) is 24.4 Å². The summed E-state index contributed by atoms with van der Waals surface area (Å²) in [5.41, 5.74) is 4.30. The molecule has 42 heavy (non-hydrogen) atoms. The molecule has 10 nitrogen and oxygen atoms in total. The van der Waals surface area contributed by atoms with Gasteiger partial charge in [0.25, 0.3) is 13.9 Å². The largest absolute Gasteiger partial charge is 0.439 e. The standard InChI is InChI=1S/C31H37N3O7Si/c1-22(35)38-21-39-26-18-28(34-19-23(12-11-17-32)29(36)33-30(34)37)41-27(26)20-40-42(31(2,3)4,24-13-7-5-8-14-24)25-15-9-6-10-16-25/h5-10,13-16,19,26-28H,17-18,20-21,32H2,1-4H3,(H,33,36,37)/t26-,27+,28+/m0/s1. The molecule has 0 radical (unpaired) electrons. The monoisotopic (exact) mass is 591 g/mol. The molecule has 1 fully saturated rings. The minimum Gasteiger partial charge on any atom is -0.439 e. The third-order valence-electron chi connectivity index (χ3n) is 7.21. The van der Waals surface area contributed by atoms with Crippen LogP contribution < -0.4 is 27.4 Å². The van der Waals surface area contributed by atoms with Gasteiger partial charge in [-0.25, -0.2) is 4.79 Å². The van der Waals surface area contributed by atoms with Gasteiger partial charge >= 0.3 is 11.7 Å². The molecule has 0 aliphatic carbocycles. The Kier molecular flexibility index (Phi) is 9.98. The fourth-order valence-corrected chi connectivity index (χ4v) is 9.87. The lowest BCUT2D eigenvalue weighted by Crippen LogP contribution is -2.67. The Balaban J connectivity index is 1.70. The maximum Gasteiger partial charge on any atom is 0.330 e. The molecular weight excluding hydrogens is 554 g/mol. The van der Waals surface area contributed by atoms with Crippen molar-refractivity contribution in [3.8, 4) is 11.8 Å². The van der Waals surface area contributed by atoms with Crippen molar-refractivity contribution in [2.45, 2.75) is 57.6 Å². The molecule has 11 heteroatoms. The first-order valence-electron chi connectivity index (χ1n) is 13.8. The van der Waals surface area contributed by atoms with Crippen molar-refractivity contribution in [1.29, 1.82) is 0 Å². The Morgan fingerprint density at radius 1 is 1.10 bits per heavy atom. The Bertz CT molecular complexity index is 1500. The Hall–Kier alpha value is -3.79. The Labute approximate surface area is 245 Å². The van der Waals surface area contributed by atoms with E-state index in [2.05, 4.69) is 61.9 Å². The van der Waals surface area contributed by atoms with Crippen LogP contribution in [-0.2, 0) is 23.4 Å². The predicted octanol–water partition coefficient (Wildman–Crippen LogP) is 1.62. The van der Waals surface area contributed by atoms with E-state index in [-0.39, 0.29) is 37.0 Å². The second-order valence-electron chi connectivity index (χ2n) is 11.0. The first-order valence-corrected chi connectivity index (χ1v) is 15.7. The van der Waals surface area contributed by atoms with Gasteiger partial charge in [0, 0.05) is 19.5 Å². The van der Waals surface area contributed by atoms with E-state index < -0.39 is 44.0 Å². The maximum absolute atomic E-state index is 12.8. The number of carbonyl (C=O) groups is 1. The van der Waals surface area contributed by atoms with Crippen molar-refractivity contribution in [2.24, 2.45) is 5.73 Å². The van der Waals surface area contributed by atoms with Gasteiger partial charge < -0.3 is 24.4 Å². The number of carbonyl (C=O) groups excluding carboxylic acids is 1. The van der Waals surface area contributed by atoms with Crippen molar-refractivity contribution >= 4 is 24.7 Å². The second-order valence-corrected chi connectivity index (χ2v) is 15.3. The second kappa shape index (κ2) is 13.5. The van der Waals surface area contributed by atoms with Crippen molar-refractivity contribution in [1.82, 2.24) is 9.55 Å². The highest BCUT2D eigenvalue weighted by atomic mass is 28.4. The minimum absolute atomic E-state index is 0.0617. The number of hydrogen-bond donors (Lipinski definition) is 2. The summed E-state index contributed by atoms with van der Waals surface area (Å²) in [4.78, 5) is 38.8. The van der Waals surface area contributed by atoms with E-state index in [1.54, 1.807) is 0 Å². The van der Waals surface area contributed by atoms with E-state index in [0.29, 0.717) is 0 Å². The third kappa shape index (κ3) is 6.81. The molecule has 1 aliphatic heterocycles. The highest BCUT2D eigenvalue weighted by Gasteiger charge is 2.51. The summed E-state index contributed by atoms with van der Waals surface area (Å²) in [6.07, 6.45) is -0.383. The molecule has 1 aliphatic rings. The van der Waals surface area contributed by atoms with Crippen LogP contribution in [0, 0.1) is 11.8 Å². The quantitative estimate of drug-likeness (QED) is 0.166. The number of nitrogens with zero attached hydrogens (tertiary/aromatic N) is 1. The number of nitrogens with two attached hydrogens (primary N) is 1. The molecule has 3 N–H and O–H groups in total. The van der Waals surface area contributed by atoms with Crippen LogP contribution in [0.4, 0.5) is 0 Å². The molecule has 1 aromatic heterocycles. The minimum atomic E-state index is -2.91. The number of esters is 1. The number of nitrogens with one attached hydrogen (secondary N) is 1. The lowest BCUT2D eigenvalue weighted by atomic mass is 10.2. The van der Waals surface area contributed by atoms with Gasteiger partial charge in [-0.1, -0.05) is 93.3 Å². The summed E-state index contributed by atoms with van der Waals surface area (Å²) in [6, 6.07) is 20.4. The lowest BCUT2D eigenvalue weighted by Gasteiger charge is -2.43. The number of aromatic amines is 1. The summed E-state index contributed by atoms with van der Waals surface area (Å²) in [5.74, 6) is 4.84. The number of rotatable bonds is 9. The van der Waals surface area contributed by atoms with Gasteiger partial charge in [-0.3, -0.25) is 19.1 Å². The molecule has 0 bridgehead atoms. The Morgan fingerprint density at radius 3 is 2.26 bits per heavy atom. The molecule has 2 aromatic carbocycles. The summed E-state index contributed by atoms with van der Waals surface area (Å²) in [7, 11) is -2.91. The van der Waals surface area contributed by atoms with E-state index in [1.165, 1.54) is 17.7 Å². The highest BCUT2D eigenvalue weighted by molar-refractivity contribution is 6.99. The zero-order chi connectivity index (χ0) is 30.3. The predicted molar refractivity (Wildman–Crippen MR) is 161 cm³/mol. The molecule has 3 aromatic rings. The van der Waals surface area contributed by atoms with Crippen LogP contribution in [0.25, 0.3) is 0 Å². The molecule has 0 saturated carbocycles. The molecule has 3 atom stereocenters. The maximum atomic E-state index is 12.8. The van der Waals surface area contributed by atoms with E-state index in [0.717, 1.165) is 10.4 Å². The number of H-pyrrole nitrogens is 1. The number of ether oxygens (including phenoxy) is 3. The van der Waals surface area contributed by atoms with E-state index in [1.807, 2.05) is 36.4 Å². The number of benzene rings is 2. The van der Waals surface area contributed by atoms with Crippen LogP contribution in [0.1, 0.15) is 45.9 Å². The third-order valence-corrected chi connectivity index (χ3v) is 12.2. The smallest absolute Gasteiger partial charge is 0.330 e. The molecule has 0 amide bonds. The van der Waals surface area contributed by atoms with Crippen LogP contribution in [0.5, 0.6) is 0 Å². The summed E-state index contributed by atoms with van der Waals surface area (Å²) < 4.78 is 25.7. The van der Waals surface area contributed by atoms with Gasteiger partial charge in [0.05, 0.1) is 19.3 Å². The fraction of sp³-hybridized carbons (Fsp3) is 0.387. The summed E-state index contributed by atoms with van der Waals surface area (Å²) >= 11 is 0. The molecular formula is C31H37N3O7Si. The van der Waals surface area contributed by atoms with Crippen LogP contribution in [0.15, 0.2) is 76.4 Å². The zero-order valence-electron chi connectivity index (χ0n) is 24.3. The molecule has 222 valence electrons. The fourth-order valence-electron chi connectivity index (χ4n) is 5.30. The van der Waals surface area contributed by atoms with Crippen LogP contribution in [-0.4, -0.2) is 56.0 Å². The van der Waals surface area contributed by atoms with Crippen molar-refractivity contribution in [2.75, 3.05) is 19.9 Å². The number of aromatic nitrogens is 2. The van der Waals surface area contributed by atoms with Gasteiger partial charge in [0.1, 0.15) is 17.9 Å². The molecule has 4 rings (SSSR count). The van der Waals surface area contributed by atoms with Gasteiger partial charge in [0.15, 0.2) is 6.79 Å². The van der Waals surface area contributed by atoms with E-state index in [9.17, 15) is 14.4 Å². The van der Waals surface area contributed by atoms with Gasteiger partial charge in [0.2, 0.25) is 0 Å². The first kappa shape index (κ1) is 31.1. The topological polar surface area (TPSA) is 135 Å². The van der Waals surface area contributed by atoms with Gasteiger partial charge in [-0.15, -0.1) is 0 Å². The van der Waals surface area contributed by atoms with Crippen LogP contribution >= 0.6 is 0 Å². The zero-order valence-corrected chi connectivity index (χ0v) is 25.3. The average Bonchev–Trinajstić information content (AvgIpc) is 3.35. The summed E-state index contributed by atoms with van der Waals surface area (Å²) in [6.45, 7) is 7.75.